The van der Waals surface area contributed by atoms with Crippen molar-refractivity contribution in [1.29, 1.82) is 0 Å². The summed E-state index contributed by atoms with van der Waals surface area (Å²) in [7, 11) is 0. The first-order valence-electron chi connectivity index (χ1n) is 9.52. The average Bonchev–Trinajstić information content (AvgIpc) is 2.59. The second-order valence-electron chi connectivity index (χ2n) is 6.46. The minimum absolute atomic E-state index is 0.0766. The van der Waals surface area contributed by atoms with Gasteiger partial charge in [-0.1, -0.05) is 101 Å². The van der Waals surface area contributed by atoms with E-state index in [1.54, 1.807) is 0 Å². The lowest BCUT2D eigenvalue weighted by Crippen LogP contribution is -2.03. The van der Waals surface area contributed by atoms with Crippen LogP contribution in [0.2, 0.25) is 0 Å². The number of hydrogen-bond donors (Lipinski definition) is 0. The number of carbonyl (C=O) groups is 1. The first-order valence-corrected chi connectivity index (χ1v) is 9.52. The van der Waals surface area contributed by atoms with Crippen molar-refractivity contribution in [3.05, 3.63) is 35.9 Å². The molecule has 130 valence electrons. The molecule has 2 nitrogen and oxygen atoms in total. The van der Waals surface area contributed by atoms with E-state index in [0.717, 1.165) is 18.4 Å². The predicted molar refractivity (Wildman–Crippen MR) is 97.4 cm³/mol. The average molecular weight is 319 g/mol. The van der Waals surface area contributed by atoms with Gasteiger partial charge in [0.05, 0.1) is 0 Å². The van der Waals surface area contributed by atoms with Gasteiger partial charge in [0.25, 0.3) is 6.47 Å². The van der Waals surface area contributed by atoms with E-state index >= 15 is 0 Å². The zero-order valence-electron chi connectivity index (χ0n) is 14.8. The Kier molecular flexibility index (Phi) is 12.3. The topological polar surface area (TPSA) is 26.3 Å². The Labute approximate surface area is 142 Å². The molecule has 0 saturated carbocycles. The van der Waals surface area contributed by atoms with Crippen LogP contribution in [0.15, 0.2) is 30.3 Å². The maximum atomic E-state index is 10.7. The Morgan fingerprint density at radius 1 is 0.826 bits per heavy atom. The van der Waals surface area contributed by atoms with Crippen LogP contribution in [-0.2, 0) is 9.53 Å². The highest BCUT2D eigenvalue weighted by molar-refractivity contribution is 5.38. The highest BCUT2D eigenvalue weighted by Gasteiger charge is 2.11. The van der Waals surface area contributed by atoms with Crippen LogP contribution in [0.25, 0.3) is 0 Å². The summed E-state index contributed by atoms with van der Waals surface area (Å²) in [4.78, 5) is 10.7. The van der Waals surface area contributed by atoms with Crippen molar-refractivity contribution < 1.29 is 9.53 Å². The van der Waals surface area contributed by atoms with Crippen molar-refractivity contribution in [3.63, 3.8) is 0 Å². The SMILES string of the molecule is CCCCCCCCCCCCCC(OC=O)c1ccccc1. The van der Waals surface area contributed by atoms with Crippen LogP contribution < -0.4 is 0 Å². The van der Waals surface area contributed by atoms with E-state index in [1.807, 2.05) is 30.3 Å². The van der Waals surface area contributed by atoms with Gasteiger partial charge < -0.3 is 4.74 Å². The summed E-state index contributed by atoms with van der Waals surface area (Å²) < 4.78 is 5.24. The van der Waals surface area contributed by atoms with Gasteiger partial charge in [-0.3, -0.25) is 4.79 Å². The maximum absolute atomic E-state index is 10.7. The summed E-state index contributed by atoms with van der Waals surface area (Å²) >= 11 is 0. The van der Waals surface area contributed by atoms with Gasteiger partial charge in [0.1, 0.15) is 6.10 Å². The molecule has 0 radical (unpaired) electrons. The van der Waals surface area contributed by atoms with E-state index < -0.39 is 0 Å². The third-order valence-corrected chi connectivity index (χ3v) is 4.46. The fraction of sp³-hybridized carbons (Fsp3) is 0.667. The number of unbranched alkanes of at least 4 members (excludes halogenated alkanes) is 10. The molecule has 0 aliphatic rings. The van der Waals surface area contributed by atoms with E-state index in [-0.39, 0.29) is 6.10 Å². The molecule has 0 spiro atoms. The van der Waals surface area contributed by atoms with Gasteiger partial charge in [0.15, 0.2) is 0 Å². The molecule has 1 aromatic carbocycles. The van der Waals surface area contributed by atoms with Crippen LogP contribution in [0.4, 0.5) is 0 Å². The molecule has 0 heterocycles. The number of carbonyl (C=O) groups excluding carboxylic acids is 1. The molecule has 0 N–H and O–H groups in total. The Hall–Kier alpha value is -1.31. The largest absolute Gasteiger partial charge is 0.460 e. The van der Waals surface area contributed by atoms with Crippen molar-refractivity contribution in [1.82, 2.24) is 0 Å². The molecule has 1 unspecified atom stereocenters. The third kappa shape index (κ3) is 10.1. The summed E-state index contributed by atoms with van der Waals surface area (Å²) in [6.45, 7) is 2.85. The standard InChI is InChI=1S/C21H34O2/c1-2-3-4-5-6-7-8-9-10-11-15-18-21(23-19-22)20-16-13-12-14-17-20/h12-14,16-17,19,21H,2-11,15,18H2,1H3. The first kappa shape index (κ1) is 19.7. The van der Waals surface area contributed by atoms with Gasteiger partial charge in [0, 0.05) is 0 Å². The predicted octanol–water partition coefficient (Wildman–Crippen LogP) is 6.60. The van der Waals surface area contributed by atoms with Crippen LogP contribution in [0.5, 0.6) is 0 Å². The molecule has 0 bridgehead atoms. The van der Waals surface area contributed by atoms with E-state index in [2.05, 4.69) is 6.92 Å². The maximum Gasteiger partial charge on any atom is 0.293 e. The van der Waals surface area contributed by atoms with Crippen molar-refractivity contribution in [2.75, 3.05) is 0 Å². The minimum atomic E-state index is -0.0766. The molecule has 0 saturated heterocycles. The Morgan fingerprint density at radius 3 is 1.87 bits per heavy atom. The molecule has 0 aromatic heterocycles. The second-order valence-corrected chi connectivity index (χ2v) is 6.46. The van der Waals surface area contributed by atoms with Crippen LogP contribution in [0.1, 0.15) is 95.6 Å². The normalized spacial score (nSPS) is 12.0. The molecular formula is C21H34O2. The molecule has 23 heavy (non-hydrogen) atoms. The fourth-order valence-corrected chi connectivity index (χ4v) is 3.04. The second kappa shape index (κ2) is 14.3. The van der Waals surface area contributed by atoms with Gasteiger partial charge in [-0.05, 0) is 18.4 Å². The molecule has 0 fully saturated rings. The lowest BCUT2D eigenvalue weighted by Gasteiger charge is -2.15. The summed E-state index contributed by atoms with van der Waals surface area (Å²) in [5.41, 5.74) is 1.10. The highest BCUT2D eigenvalue weighted by atomic mass is 16.5. The van der Waals surface area contributed by atoms with E-state index in [1.165, 1.54) is 64.2 Å². The van der Waals surface area contributed by atoms with Gasteiger partial charge in [0.2, 0.25) is 0 Å². The fourth-order valence-electron chi connectivity index (χ4n) is 3.04. The van der Waals surface area contributed by atoms with Crippen molar-refractivity contribution in [2.45, 2.75) is 90.1 Å². The van der Waals surface area contributed by atoms with E-state index in [0.29, 0.717) is 6.47 Å². The van der Waals surface area contributed by atoms with Gasteiger partial charge in [-0.2, -0.15) is 0 Å². The van der Waals surface area contributed by atoms with Gasteiger partial charge >= 0.3 is 0 Å². The number of rotatable bonds is 15. The Bertz CT molecular complexity index is 375. The molecule has 1 rings (SSSR count). The summed E-state index contributed by atoms with van der Waals surface area (Å²) in [5, 5.41) is 0. The molecule has 0 aliphatic heterocycles. The highest BCUT2D eigenvalue weighted by Crippen LogP contribution is 2.23. The van der Waals surface area contributed by atoms with Crippen molar-refractivity contribution >= 4 is 6.47 Å². The molecule has 1 aromatic rings. The van der Waals surface area contributed by atoms with Crippen LogP contribution in [-0.4, -0.2) is 6.47 Å². The summed E-state index contributed by atoms with van der Waals surface area (Å²) in [6.07, 6.45) is 15.6. The quantitative estimate of drug-likeness (QED) is 0.269. The third-order valence-electron chi connectivity index (χ3n) is 4.46. The summed E-state index contributed by atoms with van der Waals surface area (Å²) in [5.74, 6) is 0. The van der Waals surface area contributed by atoms with Crippen LogP contribution >= 0.6 is 0 Å². The molecule has 0 aliphatic carbocycles. The monoisotopic (exact) mass is 318 g/mol. The molecular weight excluding hydrogens is 284 g/mol. The van der Waals surface area contributed by atoms with Crippen LogP contribution in [0.3, 0.4) is 0 Å². The Morgan fingerprint density at radius 2 is 1.35 bits per heavy atom. The van der Waals surface area contributed by atoms with E-state index in [4.69, 9.17) is 4.74 Å². The van der Waals surface area contributed by atoms with Gasteiger partial charge in [-0.15, -0.1) is 0 Å². The van der Waals surface area contributed by atoms with Crippen molar-refractivity contribution in [2.24, 2.45) is 0 Å². The lowest BCUT2D eigenvalue weighted by atomic mass is 10.0. The number of benzene rings is 1. The summed E-state index contributed by atoms with van der Waals surface area (Å²) in [6, 6.07) is 10.1. The smallest absolute Gasteiger partial charge is 0.293 e. The van der Waals surface area contributed by atoms with Crippen molar-refractivity contribution in [3.8, 4) is 0 Å². The number of hydrogen-bond acceptors (Lipinski definition) is 2. The zero-order valence-corrected chi connectivity index (χ0v) is 14.8. The molecule has 0 amide bonds. The van der Waals surface area contributed by atoms with Gasteiger partial charge in [-0.25, -0.2) is 0 Å². The zero-order chi connectivity index (χ0) is 16.6. The molecule has 2 heteroatoms. The minimum Gasteiger partial charge on any atom is -0.460 e. The Balaban J connectivity index is 2.01. The lowest BCUT2D eigenvalue weighted by molar-refractivity contribution is -0.134. The van der Waals surface area contributed by atoms with E-state index in [9.17, 15) is 4.79 Å². The van der Waals surface area contributed by atoms with Crippen LogP contribution in [0, 0.1) is 0 Å². The molecule has 1 atom stereocenters. The first-order chi connectivity index (χ1) is 11.4. The number of ether oxygens (including phenoxy) is 1.